The molecule has 0 aliphatic rings. The molecule has 0 fully saturated rings. The van der Waals surface area contributed by atoms with Crippen molar-refractivity contribution in [3.63, 3.8) is 0 Å². The highest BCUT2D eigenvalue weighted by Crippen LogP contribution is 2.12. The van der Waals surface area contributed by atoms with Gasteiger partial charge < -0.3 is 4.74 Å². The molecule has 0 aliphatic heterocycles. The fourth-order valence-electron chi connectivity index (χ4n) is 2.03. The number of unbranched alkanes of at least 4 members (excludes halogenated alkanes) is 6. The molecule has 0 radical (unpaired) electrons. The quantitative estimate of drug-likeness (QED) is 0.337. The Kier molecular flexibility index (Phi) is 10.7. The maximum absolute atomic E-state index is 5.72. The Morgan fingerprint density at radius 2 is 1.86 bits per heavy atom. The number of halogens is 1. The van der Waals surface area contributed by atoms with Crippen molar-refractivity contribution in [2.75, 3.05) is 12.5 Å². The monoisotopic (exact) mass is 307 g/mol. The van der Waals surface area contributed by atoms with Crippen LogP contribution in [0.4, 0.5) is 0 Å². The van der Waals surface area contributed by atoms with E-state index in [-0.39, 0.29) is 0 Å². The molecule has 0 atom stereocenters. The topological polar surface area (TPSA) is 22.1 Å². The number of ether oxygens (including phenoxy) is 1. The van der Waals surface area contributed by atoms with Gasteiger partial charge in [-0.1, -0.05) is 57.3 Å². The van der Waals surface area contributed by atoms with Crippen LogP contribution in [0, 0.1) is 11.8 Å². The van der Waals surface area contributed by atoms with E-state index in [0.717, 1.165) is 24.3 Å². The predicted molar refractivity (Wildman–Crippen MR) is 89.9 cm³/mol. The van der Waals surface area contributed by atoms with Gasteiger partial charge in [0.15, 0.2) is 0 Å². The first-order chi connectivity index (χ1) is 10.4. The zero-order valence-corrected chi connectivity index (χ0v) is 13.8. The molecule has 2 nitrogen and oxygen atoms in total. The van der Waals surface area contributed by atoms with Gasteiger partial charge in [-0.25, -0.2) is 0 Å². The SMILES string of the molecule is CCCCCCCCCOc1cncc(C#CCCCl)c1. The molecule has 1 rings (SSSR count). The Balaban J connectivity index is 2.17. The normalized spacial score (nSPS) is 10.0. The minimum Gasteiger partial charge on any atom is -0.492 e. The van der Waals surface area contributed by atoms with E-state index in [4.69, 9.17) is 16.3 Å². The summed E-state index contributed by atoms with van der Waals surface area (Å²) >= 11 is 5.59. The highest BCUT2D eigenvalue weighted by molar-refractivity contribution is 6.18. The number of rotatable bonds is 10. The summed E-state index contributed by atoms with van der Waals surface area (Å²) in [5.74, 6) is 7.41. The Labute approximate surface area is 134 Å². The van der Waals surface area contributed by atoms with Gasteiger partial charge in [-0.15, -0.1) is 11.6 Å². The summed E-state index contributed by atoms with van der Waals surface area (Å²) in [6.45, 7) is 3.00. The fraction of sp³-hybridized carbons (Fsp3) is 0.611. The molecule has 0 unspecified atom stereocenters. The summed E-state index contributed by atoms with van der Waals surface area (Å²) in [5.41, 5.74) is 0.886. The van der Waals surface area contributed by atoms with Crippen molar-refractivity contribution < 1.29 is 4.74 Å². The van der Waals surface area contributed by atoms with Gasteiger partial charge in [0.25, 0.3) is 0 Å². The maximum atomic E-state index is 5.72. The molecular weight excluding hydrogens is 282 g/mol. The Morgan fingerprint density at radius 1 is 1.10 bits per heavy atom. The lowest BCUT2D eigenvalue weighted by Gasteiger charge is -2.06. The van der Waals surface area contributed by atoms with Crippen LogP contribution in [0.1, 0.15) is 63.9 Å². The van der Waals surface area contributed by atoms with Gasteiger partial charge in [0, 0.05) is 24.1 Å². The first kappa shape index (κ1) is 17.9. The van der Waals surface area contributed by atoms with E-state index in [0.29, 0.717) is 12.3 Å². The molecule has 0 aliphatic carbocycles. The van der Waals surface area contributed by atoms with Crippen molar-refractivity contribution in [1.82, 2.24) is 4.98 Å². The maximum Gasteiger partial charge on any atom is 0.138 e. The van der Waals surface area contributed by atoms with Crippen LogP contribution < -0.4 is 4.74 Å². The van der Waals surface area contributed by atoms with Crippen LogP contribution in [0.5, 0.6) is 5.75 Å². The standard InChI is InChI=1S/C18H26ClNO/c1-2-3-4-5-6-7-10-13-21-18-14-17(15-20-16-18)11-8-9-12-19/h14-16H,2-7,9-10,12-13H2,1H3. The lowest BCUT2D eigenvalue weighted by atomic mass is 10.1. The van der Waals surface area contributed by atoms with Gasteiger partial charge in [0.05, 0.1) is 12.8 Å². The zero-order chi connectivity index (χ0) is 15.2. The molecule has 116 valence electrons. The second-order valence-electron chi connectivity index (χ2n) is 5.12. The summed E-state index contributed by atoms with van der Waals surface area (Å²) in [5, 5.41) is 0. The van der Waals surface area contributed by atoms with Gasteiger partial charge in [-0.05, 0) is 12.5 Å². The van der Waals surface area contributed by atoms with Crippen LogP contribution in [-0.4, -0.2) is 17.5 Å². The second kappa shape index (κ2) is 12.5. The fourth-order valence-corrected chi connectivity index (χ4v) is 2.12. The number of hydrogen-bond acceptors (Lipinski definition) is 2. The highest BCUT2D eigenvalue weighted by atomic mass is 35.5. The largest absolute Gasteiger partial charge is 0.492 e. The molecule has 0 spiro atoms. The van der Waals surface area contributed by atoms with Crippen LogP contribution in [0.15, 0.2) is 18.5 Å². The highest BCUT2D eigenvalue weighted by Gasteiger charge is 1.96. The van der Waals surface area contributed by atoms with Gasteiger partial charge in [0.2, 0.25) is 0 Å². The van der Waals surface area contributed by atoms with E-state index in [1.165, 1.54) is 38.5 Å². The number of pyridine rings is 1. The molecular formula is C18H26ClNO. The first-order valence-electron chi connectivity index (χ1n) is 7.99. The van der Waals surface area contributed by atoms with E-state index < -0.39 is 0 Å². The van der Waals surface area contributed by atoms with Gasteiger partial charge in [-0.2, -0.15) is 0 Å². The molecule has 21 heavy (non-hydrogen) atoms. The molecule has 3 heteroatoms. The van der Waals surface area contributed by atoms with Crippen molar-refractivity contribution >= 4 is 11.6 Å². The molecule has 0 amide bonds. The van der Waals surface area contributed by atoms with E-state index in [9.17, 15) is 0 Å². The summed E-state index contributed by atoms with van der Waals surface area (Å²) in [4.78, 5) is 4.15. The second-order valence-corrected chi connectivity index (χ2v) is 5.50. The van der Waals surface area contributed by atoms with Crippen LogP contribution in [-0.2, 0) is 0 Å². The van der Waals surface area contributed by atoms with E-state index in [2.05, 4.69) is 23.7 Å². The van der Waals surface area contributed by atoms with Crippen molar-refractivity contribution in [1.29, 1.82) is 0 Å². The molecule has 0 aromatic carbocycles. The molecule has 0 N–H and O–H groups in total. The number of hydrogen-bond donors (Lipinski definition) is 0. The third-order valence-electron chi connectivity index (χ3n) is 3.18. The third-order valence-corrected chi connectivity index (χ3v) is 3.37. The Bertz CT molecular complexity index is 436. The molecule has 0 bridgehead atoms. The molecule has 1 heterocycles. The molecule has 1 aromatic heterocycles. The van der Waals surface area contributed by atoms with Crippen molar-refractivity contribution in [3.05, 3.63) is 24.0 Å². The van der Waals surface area contributed by atoms with E-state index >= 15 is 0 Å². The molecule has 0 saturated carbocycles. The van der Waals surface area contributed by atoms with Crippen molar-refractivity contribution in [2.24, 2.45) is 0 Å². The van der Waals surface area contributed by atoms with Gasteiger partial charge in [-0.3, -0.25) is 4.98 Å². The van der Waals surface area contributed by atoms with Gasteiger partial charge in [0.1, 0.15) is 5.75 Å². The molecule has 0 saturated heterocycles. The lowest BCUT2D eigenvalue weighted by Crippen LogP contribution is -1.98. The summed E-state index contributed by atoms with van der Waals surface area (Å²) < 4.78 is 5.72. The number of nitrogens with zero attached hydrogens (tertiary/aromatic N) is 1. The average molecular weight is 308 g/mol. The van der Waals surface area contributed by atoms with Gasteiger partial charge >= 0.3 is 0 Å². The third kappa shape index (κ3) is 9.37. The Morgan fingerprint density at radius 3 is 2.62 bits per heavy atom. The number of aromatic nitrogens is 1. The van der Waals surface area contributed by atoms with Crippen molar-refractivity contribution in [2.45, 2.75) is 58.3 Å². The summed E-state index contributed by atoms with van der Waals surface area (Å²) in [6.07, 6.45) is 13.2. The summed E-state index contributed by atoms with van der Waals surface area (Å²) in [7, 11) is 0. The van der Waals surface area contributed by atoms with E-state index in [1.54, 1.807) is 12.4 Å². The first-order valence-corrected chi connectivity index (χ1v) is 8.53. The lowest BCUT2D eigenvalue weighted by molar-refractivity contribution is 0.303. The molecule has 1 aromatic rings. The van der Waals surface area contributed by atoms with Crippen LogP contribution in [0.3, 0.4) is 0 Å². The Hall–Kier alpha value is -1.20. The van der Waals surface area contributed by atoms with Crippen LogP contribution >= 0.6 is 11.6 Å². The smallest absolute Gasteiger partial charge is 0.138 e. The average Bonchev–Trinajstić information content (AvgIpc) is 2.51. The number of alkyl halides is 1. The zero-order valence-electron chi connectivity index (χ0n) is 13.0. The minimum absolute atomic E-state index is 0.564. The predicted octanol–water partition coefficient (Wildman–Crippen LogP) is 5.19. The van der Waals surface area contributed by atoms with E-state index in [1.807, 2.05) is 6.07 Å². The minimum atomic E-state index is 0.564. The van der Waals surface area contributed by atoms with Crippen LogP contribution in [0.2, 0.25) is 0 Å². The summed E-state index contributed by atoms with van der Waals surface area (Å²) in [6, 6.07) is 1.94. The van der Waals surface area contributed by atoms with Crippen molar-refractivity contribution in [3.8, 4) is 17.6 Å². The van der Waals surface area contributed by atoms with Crippen LogP contribution in [0.25, 0.3) is 0 Å².